The van der Waals surface area contributed by atoms with Crippen LogP contribution in [0.5, 0.6) is 0 Å². The predicted molar refractivity (Wildman–Crippen MR) is 65.6 cm³/mol. The van der Waals surface area contributed by atoms with Crippen LogP contribution in [0.15, 0.2) is 30.7 Å². The molecule has 2 aromatic rings. The number of rotatable bonds is 4. The maximum absolute atomic E-state index is 12.2. The summed E-state index contributed by atoms with van der Waals surface area (Å²) < 4.78 is 0. The number of H-pyrrole nitrogens is 1. The van der Waals surface area contributed by atoms with Gasteiger partial charge in [0.2, 0.25) is 5.82 Å². The Hall–Kier alpha value is -2.24. The summed E-state index contributed by atoms with van der Waals surface area (Å²) in [6.07, 6.45) is 3.04. The molecule has 0 unspecified atom stereocenters. The third-order valence-corrected chi connectivity index (χ3v) is 2.56. The first-order valence-electron chi connectivity index (χ1n) is 5.74. The molecule has 0 fully saturated rings. The van der Waals surface area contributed by atoms with E-state index in [1.165, 1.54) is 6.33 Å². The highest BCUT2D eigenvalue weighted by molar-refractivity contribution is 5.90. The molecule has 0 aromatic carbocycles. The molecule has 0 saturated carbocycles. The summed E-state index contributed by atoms with van der Waals surface area (Å²) >= 11 is 0. The summed E-state index contributed by atoms with van der Waals surface area (Å²) in [4.78, 5) is 22.0. The number of hydrogen-bond acceptors (Lipinski definition) is 4. The van der Waals surface area contributed by atoms with E-state index in [0.29, 0.717) is 6.54 Å². The third-order valence-electron chi connectivity index (χ3n) is 2.56. The molecule has 2 aromatic heterocycles. The van der Waals surface area contributed by atoms with Crippen LogP contribution in [0.3, 0.4) is 0 Å². The van der Waals surface area contributed by atoms with Crippen LogP contribution in [0, 0.1) is 0 Å². The molecule has 0 aliphatic rings. The van der Waals surface area contributed by atoms with Gasteiger partial charge in [0, 0.05) is 12.2 Å². The Bertz CT molecular complexity index is 494. The highest BCUT2D eigenvalue weighted by Gasteiger charge is 2.21. The Morgan fingerprint density at radius 1 is 1.39 bits per heavy atom. The number of aromatic amines is 1. The van der Waals surface area contributed by atoms with E-state index in [-0.39, 0.29) is 17.8 Å². The van der Waals surface area contributed by atoms with Crippen molar-refractivity contribution in [3.63, 3.8) is 0 Å². The number of carbonyl (C=O) groups is 1. The summed E-state index contributed by atoms with van der Waals surface area (Å²) in [5.74, 6) is 0.0767. The van der Waals surface area contributed by atoms with E-state index in [1.54, 1.807) is 11.1 Å². The van der Waals surface area contributed by atoms with Crippen molar-refractivity contribution < 1.29 is 4.79 Å². The molecule has 0 radical (unpaired) electrons. The fourth-order valence-corrected chi connectivity index (χ4v) is 1.60. The molecule has 1 N–H and O–H groups in total. The molecular formula is C12H15N5O. The molecular weight excluding hydrogens is 230 g/mol. The van der Waals surface area contributed by atoms with Crippen molar-refractivity contribution in [1.82, 2.24) is 25.1 Å². The van der Waals surface area contributed by atoms with Crippen molar-refractivity contribution in [2.24, 2.45) is 0 Å². The third kappa shape index (κ3) is 2.71. The number of aromatic nitrogens is 4. The smallest absolute Gasteiger partial charge is 0.291 e. The maximum Gasteiger partial charge on any atom is 0.291 e. The van der Waals surface area contributed by atoms with Crippen molar-refractivity contribution in [1.29, 1.82) is 0 Å². The lowest BCUT2D eigenvalue weighted by Gasteiger charge is -2.25. The van der Waals surface area contributed by atoms with Crippen LogP contribution in [-0.2, 0) is 6.54 Å². The second kappa shape index (κ2) is 5.39. The van der Waals surface area contributed by atoms with Gasteiger partial charge in [0.05, 0.1) is 12.2 Å². The average molecular weight is 245 g/mol. The second-order valence-electron chi connectivity index (χ2n) is 4.18. The number of carbonyl (C=O) groups excluding carboxylic acids is 1. The van der Waals surface area contributed by atoms with Crippen molar-refractivity contribution >= 4 is 5.91 Å². The lowest BCUT2D eigenvalue weighted by atomic mass is 10.2. The highest BCUT2D eigenvalue weighted by atomic mass is 16.2. The fourth-order valence-electron chi connectivity index (χ4n) is 1.60. The van der Waals surface area contributed by atoms with Gasteiger partial charge in [0.1, 0.15) is 6.33 Å². The zero-order chi connectivity index (χ0) is 13.0. The summed E-state index contributed by atoms with van der Waals surface area (Å²) in [5, 5.41) is 6.28. The van der Waals surface area contributed by atoms with Gasteiger partial charge in [-0.15, -0.1) is 0 Å². The van der Waals surface area contributed by atoms with E-state index < -0.39 is 0 Å². The van der Waals surface area contributed by atoms with E-state index in [9.17, 15) is 4.79 Å². The molecule has 0 atom stereocenters. The molecule has 0 saturated heterocycles. The minimum Gasteiger partial charge on any atom is -0.328 e. The van der Waals surface area contributed by atoms with Gasteiger partial charge >= 0.3 is 0 Å². The Balaban J connectivity index is 2.17. The SMILES string of the molecule is CC(C)N(Cc1ccccn1)C(=O)c1ncn[nH]1. The molecule has 0 spiro atoms. The summed E-state index contributed by atoms with van der Waals surface area (Å²) in [5.41, 5.74) is 0.846. The molecule has 0 aliphatic heterocycles. The molecule has 18 heavy (non-hydrogen) atoms. The largest absolute Gasteiger partial charge is 0.328 e. The summed E-state index contributed by atoms with van der Waals surface area (Å²) in [6.45, 7) is 4.37. The van der Waals surface area contributed by atoms with Gasteiger partial charge in [0.25, 0.3) is 5.91 Å². The molecule has 6 nitrogen and oxygen atoms in total. The zero-order valence-corrected chi connectivity index (χ0v) is 10.4. The first-order valence-corrected chi connectivity index (χ1v) is 5.74. The Kier molecular flexibility index (Phi) is 3.66. The topological polar surface area (TPSA) is 74.8 Å². The van der Waals surface area contributed by atoms with Crippen LogP contribution in [0.2, 0.25) is 0 Å². The normalized spacial score (nSPS) is 10.6. The molecule has 0 bridgehead atoms. The van der Waals surface area contributed by atoms with E-state index in [1.807, 2.05) is 32.0 Å². The molecule has 1 amide bonds. The van der Waals surface area contributed by atoms with Crippen molar-refractivity contribution in [3.05, 3.63) is 42.2 Å². The zero-order valence-electron chi connectivity index (χ0n) is 10.4. The fraction of sp³-hybridized carbons (Fsp3) is 0.333. The van der Waals surface area contributed by atoms with E-state index >= 15 is 0 Å². The Morgan fingerprint density at radius 3 is 2.78 bits per heavy atom. The first kappa shape index (κ1) is 12.2. The number of nitrogens with zero attached hydrogens (tertiary/aromatic N) is 4. The van der Waals surface area contributed by atoms with Gasteiger partial charge in [-0.3, -0.25) is 14.9 Å². The van der Waals surface area contributed by atoms with Crippen LogP contribution in [-0.4, -0.2) is 37.0 Å². The van der Waals surface area contributed by atoms with Crippen LogP contribution < -0.4 is 0 Å². The maximum atomic E-state index is 12.2. The number of hydrogen-bond donors (Lipinski definition) is 1. The molecule has 0 aliphatic carbocycles. The van der Waals surface area contributed by atoms with Gasteiger partial charge in [-0.05, 0) is 26.0 Å². The Morgan fingerprint density at radius 2 is 2.22 bits per heavy atom. The lowest BCUT2D eigenvalue weighted by Crippen LogP contribution is -2.37. The van der Waals surface area contributed by atoms with Gasteiger partial charge in [0.15, 0.2) is 0 Å². The second-order valence-corrected chi connectivity index (χ2v) is 4.18. The highest BCUT2D eigenvalue weighted by Crippen LogP contribution is 2.09. The quantitative estimate of drug-likeness (QED) is 0.879. The van der Waals surface area contributed by atoms with Gasteiger partial charge in [-0.1, -0.05) is 6.07 Å². The van der Waals surface area contributed by atoms with Crippen LogP contribution in [0.4, 0.5) is 0 Å². The molecule has 94 valence electrons. The minimum atomic E-state index is -0.173. The van der Waals surface area contributed by atoms with Gasteiger partial charge in [-0.2, -0.15) is 5.10 Å². The molecule has 6 heteroatoms. The van der Waals surface area contributed by atoms with Crippen LogP contribution in [0.1, 0.15) is 30.2 Å². The van der Waals surface area contributed by atoms with Gasteiger partial charge < -0.3 is 4.90 Å². The van der Waals surface area contributed by atoms with Crippen molar-refractivity contribution in [3.8, 4) is 0 Å². The Labute approximate surface area is 105 Å². The van der Waals surface area contributed by atoms with Crippen LogP contribution in [0.25, 0.3) is 0 Å². The minimum absolute atomic E-state index is 0.0598. The number of amides is 1. The average Bonchev–Trinajstić information content (AvgIpc) is 2.90. The molecule has 2 rings (SSSR count). The summed E-state index contributed by atoms with van der Waals surface area (Å²) in [6, 6.07) is 5.70. The predicted octanol–water partition coefficient (Wildman–Crippen LogP) is 1.25. The van der Waals surface area contributed by atoms with Crippen molar-refractivity contribution in [2.75, 3.05) is 0 Å². The standard InChI is InChI=1S/C12H15N5O/c1-9(2)17(7-10-5-3-4-6-13-10)12(18)11-14-8-15-16-11/h3-6,8-9H,7H2,1-2H3,(H,14,15,16). The number of pyridine rings is 1. The van der Waals surface area contributed by atoms with E-state index in [4.69, 9.17) is 0 Å². The van der Waals surface area contributed by atoms with E-state index in [0.717, 1.165) is 5.69 Å². The lowest BCUT2D eigenvalue weighted by molar-refractivity contribution is 0.0675. The van der Waals surface area contributed by atoms with E-state index in [2.05, 4.69) is 20.2 Å². The first-order chi connectivity index (χ1) is 8.68. The monoisotopic (exact) mass is 245 g/mol. The van der Waals surface area contributed by atoms with Crippen molar-refractivity contribution in [2.45, 2.75) is 26.4 Å². The molecule has 2 heterocycles. The van der Waals surface area contributed by atoms with Gasteiger partial charge in [-0.25, -0.2) is 4.98 Å². The number of nitrogens with one attached hydrogen (secondary N) is 1. The van der Waals surface area contributed by atoms with Crippen LogP contribution >= 0.6 is 0 Å². The summed E-state index contributed by atoms with van der Waals surface area (Å²) in [7, 11) is 0.